The fraction of sp³-hybridized carbons (Fsp3) is 0. The first-order chi connectivity index (χ1) is 6.86. The highest BCUT2D eigenvalue weighted by Crippen LogP contribution is 2.08. The highest BCUT2D eigenvalue weighted by atomic mass is 16.6. The van der Waals surface area contributed by atoms with Crippen LogP contribution in [0.25, 0.3) is 0 Å². The Morgan fingerprint density at radius 2 is 2.14 bits per heavy atom. The molecule has 14 heavy (non-hydrogen) atoms. The van der Waals surface area contributed by atoms with Crippen molar-refractivity contribution in [2.75, 3.05) is 0 Å². The van der Waals surface area contributed by atoms with Gasteiger partial charge in [-0.3, -0.25) is 4.68 Å². The zero-order chi connectivity index (χ0) is 9.80. The third-order valence-electron chi connectivity index (χ3n) is 1.43. The van der Waals surface area contributed by atoms with Crippen LogP contribution >= 0.6 is 0 Å². The van der Waals surface area contributed by atoms with Crippen molar-refractivity contribution in [3.63, 3.8) is 0 Å². The van der Waals surface area contributed by atoms with Crippen molar-refractivity contribution in [1.82, 2.24) is 20.2 Å². The number of ether oxygens (including phenoxy) is 1. The van der Waals surface area contributed by atoms with Crippen LogP contribution in [0.15, 0.2) is 30.3 Å². The second-order valence-electron chi connectivity index (χ2n) is 2.37. The van der Waals surface area contributed by atoms with E-state index in [1.165, 1.54) is 0 Å². The lowest BCUT2D eigenvalue weighted by molar-refractivity contribution is 0.198. The maximum atomic E-state index is 11.2. The number of hydrogen-bond donors (Lipinski definition) is 0. The van der Waals surface area contributed by atoms with Crippen molar-refractivity contribution in [3.05, 3.63) is 36.7 Å². The molecule has 0 aliphatic rings. The van der Waals surface area contributed by atoms with E-state index in [9.17, 15) is 4.79 Å². The van der Waals surface area contributed by atoms with Crippen molar-refractivity contribution < 1.29 is 9.53 Å². The Kier molecular flexibility index (Phi) is 2.18. The molecule has 0 saturated heterocycles. The summed E-state index contributed by atoms with van der Waals surface area (Å²) in [6, 6.07) is 8.64. The van der Waals surface area contributed by atoms with Gasteiger partial charge in [-0.2, -0.15) is 0 Å². The number of rotatable bonds is 1. The van der Waals surface area contributed by atoms with Gasteiger partial charge in [0.05, 0.1) is 0 Å². The van der Waals surface area contributed by atoms with E-state index < -0.39 is 6.09 Å². The normalized spacial score (nSPS) is 9.71. The van der Waals surface area contributed by atoms with Crippen LogP contribution in [0, 0.1) is 6.33 Å². The molecule has 0 fully saturated rings. The van der Waals surface area contributed by atoms with Gasteiger partial charge in [0.1, 0.15) is 5.75 Å². The van der Waals surface area contributed by atoms with Gasteiger partial charge in [-0.25, -0.2) is 5.10 Å². The lowest BCUT2D eigenvalue weighted by Gasteiger charge is -2.10. The van der Waals surface area contributed by atoms with Crippen LogP contribution in [0.3, 0.4) is 0 Å². The summed E-state index contributed by atoms with van der Waals surface area (Å²) < 4.78 is 5.69. The highest BCUT2D eigenvalue weighted by Gasteiger charge is 1.96. The molecule has 0 amide bonds. The maximum absolute atomic E-state index is 11.2. The molecule has 1 heterocycles. The summed E-state index contributed by atoms with van der Waals surface area (Å²) in [5.41, 5.74) is 0. The van der Waals surface area contributed by atoms with Crippen molar-refractivity contribution >= 4 is 6.09 Å². The largest absolute Gasteiger partial charge is 0.497 e. The second-order valence-corrected chi connectivity index (χ2v) is 2.37. The molecular weight excluding hydrogens is 184 g/mol. The Hall–Kier alpha value is -2.24. The first kappa shape index (κ1) is 8.36. The average molecular weight is 189 g/mol. The summed E-state index contributed by atoms with van der Waals surface area (Å²) in [5, 5.41) is 9.79. The van der Waals surface area contributed by atoms with Gasteiger partial charge in [0.2, 0.25) is 0 Å². The van der Waals surface area contributed by atoms with Gasteiger partial charge in [-0.05, 0) is 23.7 Å². The Morgan fingerprint density at radius 1 is 1.36 bits per heavy atom. The van der Waals surface area contributed by atoms with Gasteiger partial charge in [-0.1, -0.05) is 23.4 Å². The number of para-hydroxylation sites is 1. The minimum Gasteiger partial charge on any atom is -0.497 e. The number of tetrazole rings is 1. The van der Waals surface area contributed by atoms with Crippen molar-refractivity contribution in [2.24, 2.45) is 0 Å². The van der Waals surface area contributed by atoms with E-state index in [0.29, 0.717) is 5.75 Å². The van der Waals surface area contributed by atoms with E-state index in [0.717, 1.165) is 4.68 Å². The molecule has 0 saturated carbocycles. The van der Waals surface area contributed by atoms with Gasteiger partial charge < -0.3 is 9.53 Å². The predicted molar refractivity (Wildman–Crippen MR) is 44.5 cm³/mol. The van der Waals surface area contributed by atoms with E-state index in [4.69, 9.17) is 4.74 Å². The molecule has 6 heteroatoms. The Labute approximate surface area is 79.1 Å². The summed E-state index contributed by atoms with van der Waals surface area (Å²) in [5.74, 6) is 0.432. The monoisotopic (exact) mass is 189 g/mol. The zero-order valence-electron chi connectivity index (χ0n) is 6.99. The molecule has 1 aromatic heterocycles. The van der Waals surface area contributed by atoms with E-state index in [1.807, 2.05) is 6.07 Å². The number of aromatic nitrogens is 4. The minimum absolute atomic E-state index is 0.432. The van der Waals surface area contributed by atoms with Crippen molar-refractivity contribution in [1.29, 1.82) is 0 Å². The van der Waals surface area contributed by atoms with Crippen molar-refractivity contribution in [3.8, 4) is 5.75 Å². The summed E-state index contributed by atoms with van der Waals surface area (Å²) in [7, 11) is 0. The van der Waals surface area contributed by atoms with Crippen LogP contribution in [-0.4, -0.2) is 26.3 Å². The number of carbonyl (C=O) groups is 1. The summed E-state index contributed by atoms with van der Waals surface area (Å²) in [6.07, 6.45) is 1.53. The molecule has 2 aromatic rings. The molecule has 0 radical (unpaired) electrons. The third-order valence-corrected chi connectivity index (χ3v) is 1.43. The van der Waals surface area contributed by atoms with Gasteiger partial charge in [-0.15, -0.1) is 0 Å². The standard InChI is InChI=1S/C8H5N4O2/c13-8(12-6-9-10-11-12)14-7-4-2-1-3-5-7/h1-5H/q-1. The van der Waals surface area contributed by atoms with Crippen molar-refractivity contribution in [2.45, 2.75) is 0 Å². The average Bonchev–Trinajstić information content (AvgIpc) is 2.72. The van der Waals surface area contributed by atoms with E-state index in [2.05, 4.69) is 21.9 Å². The van der Waals surface area contributed by atoms with Crippen LogP contribution in [-0.2, 0) is 0 Å². The Balaban J connectivity index is 2.10. The number of benzene rings is 1. The molecule has 0 bridgehead atoms. The van der Waals surface area contributed by atoms with Crippen LogP contribution in [0.5, 0.6) is 5.75 Å². The first-order valence-corrected chi connectivity index (χ1v) is 3.79. The molecule has 0 spiro atoms. The highest BCUT2D eigenvalue weighted by molar-refractivity contribution is 5.71. The second kappa shape index (κ2) is 3.65. The molecule has 6 nitrogen and oxygen atoms in total. The molecule has 0 unspecified atom stereocenters. The van der Waals surface area contributed by atoms with Gasteiger partial charge in [0.15, 0.2) is 0 Å². The van der Waals surface area contributed by atoms with Gasteiger partial charge in [0.25, 0.3) is 6.09 Å². The molecule has 70 valence electrons. The van der Waals surface area contributed by atoms with Crippen LogP contribution < -0.4 is 4.74 Å². The quantitative estimate of drug-likeness (QED) is 0.483. The van der Waals surface area contributed by atoms with Crippen LogP contribution in [0.4, 0.5) is 4.79 Å². The van der Waals surface area contributed by atoms with Crippen LogP contribution in [0.1, 0.15) is 0 Å². The topological polar surface area (TPSA) is 69.9 Å². The lowest BCUT2D eigenvalue weighted by atomic mass is 10.3. The maximum Gasteiger partial charge on any atom is 0.277 e. The summed E-state index contributed by atoms with van der Waals surface area (Å²) in [6.45, 7) is 0. The predicted octanol–water partition coefficient (Wildman–Crippen LogP) is 0.520. The summed E-state index contributed by atoms with van der Waals surface area (Å²) >= 11 is 0. The molecule has 2 rings (SSSR count). The molecule has 1 aromatic carbocycles. The molecule has 0 N–H and O–H groups in total. The fourth-order valence-electron chi connectivity index (χ4n) is 0.852. The SMILES string of the molecule is O=C(Oc1ccccc1)n1[c-]nnn1. The van der Waals surface area contributed by atoms with Gasteiger partial charge in [0, 0.05) is 0 Å². The molecular formula is C8H5N4O2-. The van der Waals surface area contributed by atoms with Gasteiger partial charge >= 0.3 is 0 Å². The van der Waals surface area contributed by atoms with Crippen LogP contribution in [0.2, 0.25) is 0 Å². The fourth-order valence-corrected chi connectivity index (χ4v) is 0.852. The summed E-state index contributed by atoms with van der Waals surface area (Å²) in [4.78, 5) is 11.2. The van der Waals surface area contributed by atoms with E-state index in [-0.39, 0.29) is 0 Å². The Morgan fingerprint density at radius 3 is 2.79 bits per heavy atom. The third kappa shape index (κ3) is 1.74. The van der Waals surface area contributed by atoms with E-state index in [1.54, 1.807) is 24.3 Å². The molecule has 0 aliphatic carbocycles. The number of carbonyl (C=O) groups excluding carboxylic acids is 1. The Bertz CT molecular complexity index is 412. The number of hydrogen-bond acceptors (Lipinski definition) is 5. The molecule has 0 aliphatic heterocycles. The molecule has 0 atom stereocenters. The first-order valence-electron chi connectivity index (χ1n) is 3.79. The smallest absolute Gasteiger partial charge is 0.277 e. The number of nitrogens with zero attached hydrogens (tertiary/aromatic N) is 4. The van der Waals surface area contributed by atoms with E-state index >= 15 is 0 Å². The zero-order valence-corrected chi connectivity index (χ0v) is 6.99. The lowest BCUT2D eigenvalue weighted by Crippen LogP contribution is -2.17. The minimum atomic E-state index is -0.693.